The van der Waals surface area contributed by atoms with Crippen molar-refractivity contribution in [3.05, 3.63) is 67.6 Å². The second-order valence-electron chi connectivity index (χ2n) is 4.73. The molecule has 2 aromatic rings. The Morgan fingerprint density at radius 1 is 1.00 bits per heavy atom. The van der Waals surface area contributed by atoms with E-state index in [2.05, 4.69) is 31.9 Å². The van der Waals surface area contributed by atoms with Crippen molar-refractivity contribution in [3.8, 4) is 0 Å². The Morgan fingerprint density at radius 3 is 2.29 bits per heavy atom. The average molecular weight is 426 g/mol. The summed E-state index contributed by atoms with van der Waals surface area (Å²) in [6.45, 7) is 1.70. The molecule has 0 aliphatic rings. The van der Waals surface area contributed by atoms with E-state index in [1.54, 1.807) is 6.92 Å². The Bertz CT molecular complexity index is 686. The van der Waals surface area contributed by atoms with Crippen LogP contribution in [0.2, 0.25) is 0 Å². The van der Waals surface area contributed by atoms with E-state index in [-0.39, 0.29) is 32.4 Å². The molecule has 1 unspecified atom stereocenters. The standard InChI is InChI=1S/C15H10Br2F4/c1-7(10-3-2-9(18)6-12(10)19)4-8-5-11(16)15(21)13(17)14(8)20/h2-3,5-7H,4H2,1H3. The Morgan fingerprint density at radius 2 is 1.67 bits per heavy atom. The predicted molar refractivity (Wildman–Crippen MR) is 80.2 cm³/mol. The third-order valence-electron chi connectivity index (χ3n) is 3.20. The number of benzene rings is 2. The van der Waals surface area contributed by atoms with Crippen LogP contribution in [0.3, 0.4) is 0 Å². The van der Waals surface area contributed by atoms with Crippen molar-refractivity contribution in [2.24, 2.45) is 0 Å². The molecule has 0 amide bonds. The van der Waals surface area contributed by atoms with Crippen LogP contribution in [-0.2, 0) is 6.42 Å². The molecule has 1 atom stereocenters. The third kappa shape index (κ3) is 3.48. The second kappa shape index (κ2) is 6.48. The van der Waals surface area contributed by atoms with E-state index in [1.165, 1.54) is 12.1 Å². The van der Waals surface area contributed by atoms with Gasteiger partial charge in [-0.2, -0.15) is 0 Å². The summed E-state index contributed by atoms with van der Waals surface area (Å²) in [6.07, 6.45) is 0.159. The van der Waals surface area contributed by atoms with E-state index in [1.807, 2.05) is 0 Å². The average Bonchev–Trinajstić information content (AvgIpc) is 2.42. The Kier molecular flexibility index (Phi) is 5.09. The van der Waals surface area contributed by atoms with Crippen LogP contribution in [0, 0.1) is 23.3 Å². The van der Waals surface area contributed by atoms with Gasteiger partial charge >= 0.3 is 0 Å². The lowest BCUT2D eigenvalue weighted by Gasteiger charge is -2.15. The van der Waals surface area contributed by atoms with Crippen LogP contribution in [0.25, 0.3) is 0 Å². The van der Waals surface area contributed by atoms with Crippen LogP contribution < -0.4 is 0 Å². The van der Waals surface area contributed by atoms with Gasteiger partial charge in [0.05, 0.1) is 8.95 Å². The fourth-order valence-corrected chi connectivity index (χ4v) is 3.32. The van der Waals surface area contributed by atoms with Crippen molar-refractivity contribution in [2.45, 2.75) is 19.3 Å². The lowest BCUT2D eigenvalue weighted by molar-refractivity contribution is 0.539. The maximum atomic E-state index is 14.0. The van der Waals surface area contributed by atoms with E-state index in [9.17, 15) is 17.6 Å². The second-order valence-corrected chi connectivity index (χ2v) is 6.38. The summed E-state index contributed by atoms with van der Waals surface area (Å²) >= 11 is 5.85. The molecule has 0 aliphatic heterocycles. The first-order chi connectivity index (χ1) is 9.81. The third-order valence-corrected chi connectivity index (χ3v) is 4.47. The minimum atomic E-state index is -0.725. The monoisotopic (exact) mass is 424 g/mol. The zero-order valence-electron chi connectivity index (χ0n) is 10.9. The van der Waals surface area contributed by atoms with Crippen LogP contribution in [0.5, 0.6) is 0 Å². The number of hydrogen-bond acceptors (Lipinski definition) is 0. The van der Waals surface area contributed by atoms with Crippen molar-refractivity contribution < 1.29 is 17.6 Å². The van der Waals surface area contributed by atoms with Gasteiger partial charge in [-0.05, 0) is 67.5 Å². The molecule has 0 heterocycles. The highest BCUT2D eigenvalue weighted by atomic mass is 79.9. The van der Waals surface area contributed by atoms with Crippen LogP contribution >= 0.6 is 31.9 Å². The zero-order valence-corrected chi connectivity index (χ0v) is 14.0. The Hall–Kier alpha value is -0.880. The molecule has 2 rings (SSSR count). The molecule has 112 valence electrons. The highest BCUT2D eigenvalue weighted by molar-refractivity contribution is 9.11. The first-order valence-corrected chi connectivity index (χ1v) is 7.66. The maximum Gasteiger partial charge on any atom is 0.154 e. The zero-order chi connectivity index (χ0) is 15.7. The molecule has 0 N–H and O–H groups in total. The molecule has 2 aromatic carbocycles. The Balaban J connectivity index is 2.34. The predicted octanol–water partition coefficient (Wildman–Crippen LogP) is 6.11. The normalized spacial score (nSPS) is 12.5. The topological polar surface area (TPSA) is 0 Å². The molecule has 0 aliphatic carbocycles. The van der Waals surface area contributed by atoms with Gasteiger partial charge in [0.2, 0.25) is 0 Å². The minimum absolute atomic E-state index is 0.123. The van der Waals surface area contributed by atoms with E-state index >= 15 is 0 Å². The molecule has 0 bridgehead atoms. The van der Waals surface area contributed by atoms with Crippen molar-refractivity contribution in [3.63, 3.8) is 0 Å². The fraction of sp³-hybridized carbons (Fsp3) is 0.200. The van der Waals surface area contributed by atoms with Crippen LogP contribution in [0.4, 0.5) is 17.6 Å². The van der Waals surface area contributed by atoms with Gasteiger partial charge in [-0.25, -0.2) is 17.6 Å². The summed E-state index contributed by atoms with van der Waals surface area (Å²) < 4.78 is 54.0. The summed E-state index contributed by atoms with van der Waals surface area (Å²) in [5.41, 5.74) is 0.527. The SMILES string of the molecule is CC(Cc1cc(Br)c(F)c(Br)c1F)c1ccc(F)cc1F. The van der Waals surface area contributed by atoms with E-state index in [0.29, 0.717) is 0 Å². The summed E-state index contributed by atoms with van der Waals surface area (Å²) in [7, 11) is 0. The lowest BCUT2D eigenvalue weighted by Crippen LogP contribution is -2.05. The first-order valence-electron chi connectivity index (χ1n) is 6.08. The molecule has 0 saturated carbocycles. The van der Waals surface area contributed by atoms with Crippen molar-refractivity contribution in [1.82, 2.24) is 0 Å². The Labute approximate surface area is 136 Å². The van der Waals surface area contributed by atoms with Crippen molar-refractivity contribution >= 4 is 31.9 Å². The minimum Gasteiger partial charge on any atom is -0.207 e. The molecule has 0 nitrogen and oxygen atoms in total. The largest absolute Gasteiger partial charge is 0.207 e. The number of halogens is 6. The van der Waals surface area contributed by atoms with Gasteiger partial charge < -0.3 is 0 Å². The van der Waals surface area contributed by atoms with E-state index in [0.717, 1.165) is 12.1 Å². The summed E-state index contributed by atoms with van der Waals surface area (Å²) in [4.78, 5) is 0. The highest BCUT2D eigenvalue weighted by Gasteiger charge is 2.19. The molecule has 0 aromatic heterocycles. The van der Waals surface area contributed by atoms with Crippen molar-refractivity contribution in [1.29, 1.82) is 0 Å². The maximum absolute atomic E-state index is 14.0. The molecular weight excluding hydrogens is 416 g/mol. The molecule has 0 saturated heterocycles. The van der Waals surface area contributed by atoms with Crippen LogP contribution in [0.15, 0.2) is 33.2 Å². The molecule has 0 spiro atoms. The van der Waals surface area contributed by atoms with Gasteiger partial charge in [0.25, 0.3) is 0 Å². The molecular formula is C15H10Br2F4. The smallest absolute Gasteiger partial charge is 0.154 e. The van der Waals surface area contributed by atoms with Gasteiger partial charge in [0, 0.05) is 6.07 Å². The van der Waals surface area contributed by atoms with E-state index < -0.39 is 23.3 Å². The molecule has 21 heavy (non-hydrogen) atoms. The van der Waals surface area contributed by atoms with Gasteiger partial charge in [-0.15, -0.1) is 0 Å². The number of rotatable bonds is 3. The summed E-state index contributed by atoms with van der Waals surface area (Å²) in [6, 6.07) is 4.61. The van der Waals surface area contributed by atoms with Crippen molar-refractivity contribution in [2.75, 3.05) is 0 Å². The lowest BCUT2D eigenvalue weighted by atomic mass is 9.93. The fourth-order valence-electron chi connectivity index (χ4n) is 2.11. The van der Waals surface area contributed by atoms with E-state index in [4.69, 9.17) is 0 Å². The van der Waals surface area contributed by atoms with Gasteiger partial charge in [0.15, 0.2) is 5.82 Å². The molecule has 6 heteroatoms. The first kappa shape index (κ1) is 16.5. The molecule has 0 fully saturated rings. The van der Waals surface area contributed by atoms with Gasteiger partial charge in [0.1, 0.15) is 17.5 Å². The quantitative estimate of drug-likeness (QED) is 0.316. The van der Waals surface area contributed by atoms with Gasteiger partial charge in [-0.3, -0.25) is 0 Å². The van der Waals surface area contributed by atoms with Gasteiger partial charge in [-0.1, -0.05) is 13.0 Å². The van der Waals surface area contributed by atoms with Crippen LogP contribution in [0.1, 0.15) is 24.0 Å². The molecule has 0 radical (unpaired) electrons. The summed E-state index contributed by atoms with van der Waals surface area (Å²) in [5.74, 6) is -3.17. The summed E-state index contributed by atoms with van der Waals surface area (Å²) in [5, 5.41) is 0. The number of hydrogen-bond donors (Lipinski definition) is 0. The highest BCUT2D eigenvalue weighted by Crippen LogP contribution is 2.32. The van der Waals surface area contributed by atoms with Crippen LogP contribution in [-0.4, -0.2) is 0 Å².